The van der Waals surface area contributed by atoms with Crippen LogP contribution in [0.2, 0.25) is 5.02 Å². The number of nitrogens with zero attached hydrogens (tertiary/aromatic N) is 3. The molecular formula is C31H42ClN7O2. The van der Waals surface area contributed by atoms with E-state index in [1.54, 1.807) is 18.2 Å². The van der Waals surface area contributed by atoms with Gasteiger partial charge in [0, 0.05) is 16.1 Å². The number of hydrazone groups is 1. The number of hydrazine groups is 1. The Kier molecular flexibility index (Phi) is 9.39. The number of halogens is 1. The highest BCUT2D eigenvalue weighted by molar-refractivity contribution is 6.47. The zero-order chi connectivity index (χ0) is 29.8. The molecule has 4 rings (SSSR count). The Bertz CT molecular complexity index is 1310. The van der Waals surface area contributed by atoms with Crippen LogP contribution in [-0.4, -0.2) is 40.5 Å². The van der Waals surface area contributed by atoms with Crippen LogP contribution in [0.1, 0.15) is 93.7 Å². The van der Waals surface area contributed by atoms with Crippen LogP contribution in [0.25, 0.3) is 0 Å². The van der Waals surface area contributed by atoms with Crippen molar-refractivity contribution in [1.82, 2.24) is 15.8 Å². The molecule has 1 atom stereocenters. The third-order valence-electron chi connectivity index (χ3n) is 8.37. The molecule has 0 aromatic heterocycles. The minimum atomic E-state index is -0.611. The topological polar surface area (TPSA) is 138 Å². The fraction of sp³-hybridized carbons (Fsp3) is 0.484. The van der Waals surface area contributed by atoms with Crippen molar-refractivity contribution in [2.75, 3.05) is 6.54 Å². The molecule has 6 N–H and O–H groups in total. The average Bonchev–Trinajstić information content (AvgIpc) is 3.21. The van der Waals surface area contributed by atoms with Crippen LogP contribution in [-0.2, 0) is 4.79 Å². The van der Waals surface area contributed by atoms with Crippen LogP contribution in [0.15, 0.2) is 58.6 Å². The molecule has 2 aliphatic rings. The molecule has 0 unspecified atom stereocenters. The first kappa shape index (κ1) is 30.5. The van der Waals surface area contributed by atoms with Gasteiger partial charge < -0.3 is 16.0 Å². The Morgan fingerprint density at radius 1 is 1.20 bits per heavy atom. The molecule has 1 heterocycles. The second-order valence-corrected chi connectivity index (χ2v) is 12.5. The van der Waals surface area contributed by atoms with E-state index in [9.17, 15) is 9.59 Å². The fourth-order valence-electron chi connectivity index (χ4n) is 6.14. The number of carbonyl (C=O) groups is 2. The third kappa shape index (κ3) is 6.73. The quantitative estimate of drug-likeness (QED) is 0.145. The largest absolute Gasteiger partial charge is 0.384 e. The van der Waals surface area contributed by atoms with E-state index < -0.39 is 5.66 Å². The molecule has 2 aromatic rings. The van der Waals surface area contributed by atoms with Crippen LogP contribution in [0, 0.1) is 11.3 Å². The van der Waals surface area contributed by atoms with Crippen molar-refractivity contribution in [2.24, 2.45) is 33.0 Å². The molecular weight excluding hydrogens is 538 g/mol. The van der Waals surface area contributed by atoms with Crippen LogP contribution in [0.5, 0.6) is 0 Å². The van der Waals surface area contributed by atoms with Crippen molar-refractivity contribution in [2.45, 2.75) is 77.9 Å². The number of carbonyl (C=O) groups excluding carboxylic acids is 2. The minimum absolute atomic E-state index is 0.0627. The summed E-state index contributed by atoms with van der Waals surface area (Å²) in [6.07, 6.45) is 5.29. The highest BCUT2D eigenvalue weighted by Gasteiger charge is 2.52. The predicted octanol–water partition coefficient (Wildman–Crippen LogP) is 4.91. The van der Waals surface area contributed by atoms with Crippen LogP contribution < -0.4 is 22.4 Å². The lowest BCUT2D eigenvalue weighted by atomic mass is 9.69. The molecule has 0 radical (unpaired) electrons. The molecule has 2 aromatic carbocycles. The second kappa shape index (κ2) is 12.6. The van der Waals surface area contributed by atoms with E-state index in [1.165, 1.54) is 0 Å². The smallest absolute Gasteiger partial charge is 0.275 e. The number of nitrogens with one attached hydrogen (secondary N) is 2. The number of amides is 2. The molecule has 9 nitrogen and oxygen atoms in total. The number of nitrogens with two attached hydrogens (primary N) is 2. The van der Waals surface area contributed by atoms with Crippen molar-refractivity contribution in [3.05, 3.63) is 70.2 Å². The summed E-state index contributed by atoms with van der Waals surface area (Å²) in [5, 5.41) is 6.95. The van der Waals surface area contributed by atoms with E-state index in [-0.39, 0.29) is 35.7 Å². The van der Waals surface area contributed by atoms with Gasteiger partial charge in [0.1, 0.15) is 17.2 Å². The number of hydrogen-bond acceptors (Lipinski definition) is 6. The maximum atomic E-state index is 14.3. The van der Waals surface area contributed by atoms with Gasteiger partial charge in [-0.2, -0.15) is 5.10 Å². The Morgan fingerprint density at radius 2 is 1.88 bits per heavy atom. The van der Waals surface area contributed by atoms with Crippen LogP contribution in [0.3, 0.4) is 0 Å². The zero-order valence-corrected chi connectivity index (χ0v) is 25.2. The Balaban J connectivity index is 1.66. The SMILES string of the molecule is CCC[C@H](c1ccc(C(=O)NC/C(N)=N/NN)cc1)N1C(=O)C(c2cccc(Cl)c2)=NC12CCC(C(C)(C)C)CC2. The van der Waals surface area contributed by atoms with Crippen molar-refractivity contribution in [3.8, 4) is 0 Å². The van der Waals surface area contributed by atoms with E-state index in [0.29, 0.717) is 22.2 Å². The van der Waals surface area contributed by atoms with Gasteiger partial charge in [-0.25, -0.2) is 11.4 Å². The summed E-state index contributed by atoms with van der Waals surface area (Å²) in [6.45, 7) is 9.07. The first-order valence-corrected chi connectivity index (χ1v) is 14.7. The van der Waals surface area contributed by atoms with Crippen LogP contribution in [0.4, 0.5) is 0 Å². The number of aliphatic imine (C=N–C) groups is 1. The normalized spacial score (nSPS) is 22.0. The molecule has 2 amide bonds. The summed E-state index contributed by atoms with van der Waals surface area (Å²) < 4.78 is 0. The zero-order valence-electron chi connectivity index (χ0n) is 24.4. The maximum absolute atomic E-state index is 14.3. The van der Waals surface area contributed by atoms with Crippen molar-refractivity contribution in [3.63, 3.8) is 0 Å². The predicted molar refractivity (Wildman–Crippen MR) is 164 cm³/mol. The summed E-state index contributed by atoms with van der Waals surface area (Å²) in [5.74, 6) is 5.52. The van der Waals surface area contributed by atoms with Gasteiger partial charge in [-0.1, -0.05) is 70.0 Å². The summed E-state index contributed by atoms with van der Waals surface area (Å²) in [4.78, 5) is 34.2. The van der Waals surface area contributed by atoms with E-state index in [0.717, 1.165) is 49.7 Å². The lowest BCUT2D eigenvalue weighted by Gasteiger charge is -2.47. The lowest BCUT2D eigenvalue weighted by Crippen LogP contribution is -2.51. The highest BCUT2D eigenvalue weighted by atomic mass is 35.5. The molecule has 0 saturated heterocycles. The number of rotatable bonds is 9. The number of benzene rings is 2. The Labute approximate surface area is 247 Å². The maximum Gasteiger partial charge on any atom is 0.275 e. The Morgan fingerprint density at radius 3 is 2.46 bits per heavy atom. The fourth-order valence-corrected chi connectivity index (χ4v) is 6.33. The summed E-state index contributed by atoms with van der Waals surface area (Å²) >= 11 is 6.32. The van der Waals surface area contributed by atoms with E-state index in [2.05, 4.69) is 43.6 Å². The standard InChI is InChI=1S/C31H42ClN7O2/c1-5-7-25(20-10-12-21(13-11-20)28(40)35-19-26(33)37-38-34)39-29(41)27(22-8-6-9-24(32)18-22)36-31(39)16-14-23(15-17-31)30(2,3)4/h6,8-13,18,23,25,38H,5,7,14-17,19,34H2,1-4H3,(H2,33,37)(H,35,40)/t23?,25-,31?/m1/s1. The van der Waals surface area contributed by atoms with Crippen molar-refractivity contribution in [1.29, 1.82) is 0 Å². The van der Waals surface area contributed by atoms with Gasteiger partial charge >= 0.3 is 0 Å². The molecule has 220 valence electrons. The molecule has 1 aliphatic carbocycles. The molecule has 1 saturated carbocycles. The summed E-state index contributed by atoms with van der Waals surface area (Å²) in [6, 6.07) is 14.6. The molecule has 41 heavy (non-hydrogen) atoms. The minimum Gasteiger partial charge on any atom is -0.384 e. The van der Waals surface area contributed by atoms with E-state index in [1.807, 2.05) is 35.2 Å². The lowest BCUT2D eigenvalue weighted by molar-refractivity contribution is -0.133. The third-order valence-corrected chi connectivity index (χ3v) is 8.60. The van der Waals surface area contributed by atoms with Gasteiger partial charge in [0.25, 0.3) is 11.8 Å². The number of amidine groups is 1. The van der Waals surface area contributed by atoms with Gasteiger partial charge in [-0.3, -0.25) is 14.6 Å². The highest BCUT2D eigenvalue weighted by Crippen LogP contribution is 2.49. The van der Waals surface area contributed by atoms with Gasteiger partial charge in [-0.15, -0.1) is 0 Å². The first-order chi connectivity index (χ1) is 19.5. The molecule has 10 heteroatoms. The molecule has 1 aliphatic heterocycles. The molecule has 1 spiro atoms. The van der Waals surface area contributed by atoms with Crippen LogP contribution >= 0.6 is 11.6 Å². The number of hydrogen-bond donors (Lipinski definition) is 4. The van der Waals surface area contributed by atoms with Crippen molar-refractivity contribution < 1.29 is 9.59 Å². The average molecular weight is 580 g/mol. The summed E-state index contributed by atoms with van der Waals surface area (Å²) in [7, 11) is 0. The van der Waals surface area contributed by atoms with E-state index in [4.69, 9.17) is 28.2 Å². The van der Waals surface area contributed by atoms with Crippen molar-refractivity contribution >= 4 is 35.0 Å². The van der Waals surface area contributed by atoms with E-state index >= 15 is 0 Å². The van der Waals surface area contributed by atoms with Gasteiger partial charge in [0.2, 0.25) is 0 Å². The molecule has 0 bridgehead atoms. The van der Waals surface area contributed by atoms with Gasteiger partial charge in [-0.05, 0) is 73.3 Å². The summed E-state index contributed by atoms with van der Waals surface area (Å²) in [5.41, 5.74) is 10.1. The van der Waals surface area contributed by atoms with Gasteiger partial charge in [0.05, 0.1) is 12.6 Å². The van der Waals surface area contributed by atoms with Gasteiger partial charge in [0.15, 0.2) is 0 Å². The second-order valence-electron chi connectivity index (χ2n) is 12.1. The Hall–Kier alpha value is -3.43. The monoisotopic (exact) mass is 579 g/mol. The molecule has 1 fully saturated rings. The first-order valence-electron chi connectivity index (χ1n) is 14.3.